The predicted octanol–water partition coefficient (Wildman–Crippen LogP) is 2.20. The fourth-order valence-electron chi connectivity index (χ4n) is 1.35. The summed E-state index contributed by atoms with van der Waals surface area (Å²) < 4.78 is 14.9. The molecule has 0 atom stereocenters. The average molecular weight is 188 g/mol. The van der Waals surface area contributed by atoms with Gasteiger partial charge >= 0.3 is 0 Å². The lowest BCUT2D eigenvalue weighted by molar-refractivity contribution is 0.630. The Morgan fingerprint density at radius 2 is 2.36 bits per heavy atom. The second kappa shape index (κ2) is 3.51. The third-order valence-corrected chi connectivity index (χ3v) is 2.03. The maximum absolute atomic E-state index is 13.2. The van der Waals surface area contributed by atoms with Gasteiger partial charge in [-0.15, -0.1) is 12.3 Å². The molecule has 0 aliphatic heterocycles. The standard InChI is InChI=1S/C11H9FN2/c1-2-3-7-14-8-9-10(12)5-4-6-11(9)13-14/h1,4-6,8H,3,7H2. The van der Waals surface area contributed by atoms with E-state index in [4.69, 9.17) is 6.42 Å². The van der Waals surface area contributed by atoms with Crippen molar-refractivity contribution >= 4 is 10.9 Å². The summed E-state index contributed by atoms with van der Waals surface area (Å²) >= 11 is 0. The summed E-state index contributed by atoms with van der Waals surface area (Å²) in [4.78, 5) is 0. The van der Waals surface area contributed by atoms with E-state index >= 15 is 0 Å². The Hall–Kier alpha value is -1.82. The zero-order valence-corrected chi connectivity index (χ0v) is 7.57. The predicted molar refractivity (Wildman–Crippen MR) is 53.1 cm³/mol. The van der Waals surface area contributed by atoms with E-state index < -0.39 is 0 Å². The van der Waals surface area contributed by atoms with Crippen molar-refractivity contribution in [1.29, 1.82) is 0 Å². The van der Waals surface area contributed by atoms with Gasteiger partial charge in [-0.25, -0.2) is 4.39 Å². The lowest BCUT2D eigenvalue weighted by Crippen LogP contribution is -1.96. The van der Waals surface area contributed by atoms with Crippen LogP contribution in [0.25, 0.3) is 10.9 Å². The molecule has 70 valence electrons. The van der Waals surface area contributed by atoms with E-state index in [1.807, 2.05) is 0 Å². The highest BCUT2D eigenvalue weighted by atomic mass is 19.1. The van der Waals surface area contributed by atoms with Gasteiger partial charge in [0.2, 0.25) is 0 Å². The number of nitrogens with zero attached hydrogens (tertiary/aromatic N) is 2. The Labute approximate surface area is 81.3 Å². The summed E-state index contributed by atoms with van der Waals surface area (Å²) in [6.45, 7) is 0.630. The highest BCUT2D eigenvalue weighted by Gasteiger charge is 2.03. The van der Waals surface area contributed by atoms with E-state index in [1.165, 1.54) is 6.07 Å². The fraction of sp³-hybridized carbons (Fsp3) is 0.182. The Bertz CT molecular complexity index is 493. The Balaban J connectivity index is 2.42. The highest BCUT2D eigenvalue weighted by molar-refractivity contribution is 5.78. The average Bonchev–Trinajstić information content (AvgIpc) is 2.59. The van der Waals surface area contributed by atoms with Crippen molar-refractivity contribution in [2.24, 2.45) is 0 Å². The second-order valence-electron chi connectivity index (χ2n) is 3.02. The molecule has 2 aromatic rings. The maximum Gasteiger partial charge on any atom is 0.134 e. The van der Waals surface area contributed by atoms with E-state index in [1.54, 1.807) is 23.0 Å². The molecule has 0 fully saturated rings. The number of hydrogen-bond donors (Lipinski definition) is 0. The molecule has 2 rings (SSSR count). The largest absolute Gasteiger partial charge is 0.270 e. The van der Waals surface area contributed by atoms with Crippen molar-refractivity contribution in [3.8, 4) is 12.3 Å². The van der Waals surface area contributed by atoms with Gasteiger partial charge in [-0.2, -0.15) is 5.10 Å². The molecule has 1 aromatic heterocycles. The number of fused-ring (bicyclic) bond motifs is 1. The van der Waals surface area contributed by atoms with Gasteiger partial charge in [0.25, 0.3) is 0 Å². The molecular weight excluding hydrogens is 179 g/mol. The van der Waals surface area contributed by atoms with E-state index in [2.05, 4.69) is 11.0 Å². The summed E-state index contributed by atoms with van der Waals surface area (Å²) in [5, 5.41) is 4.74. The molecule has 14 heavy (non-hydrogen) atoms. The van der Waals surface area contributed by atoms with E-state index in [0.29, 0.717) is 23.9 Å². The van der Waals surface area contributed by atoms with Crippen molar-refractivity contribution in [2.45, 2.75) is 13.0 Å². The van der Waals surface area contributed by atoms with Crippen LogP contribution >= 0.6 is 0 Å². The van der Waals surface area contributed by atoms with Gasteiger partial charge in [0.15, 0.2) is 0 Å². The minimum absolute atomic E-state index is 0.241. The second-order valence-corrected chi connectivity index (χ2v) is 3.02. The van der Waals surface area contributed by atoms with Gasteiger partial charge in [-0.3, -0.25) is 4.68 Å². The number of rotatable bonds is 2. The third kappa shape index (κ3) is 1.47. The molecule has 3 heteroatoms. The van der Waals surface area contributed by atoms with E-state index in [-0.39, 0.29) is 5.82 Å². The molecule has 0 bridgehead atoms. The molecule has 0 radical (unpaired) electrons. The minimum atomic E-state index is -0.241. The lowest BCUT2D eigenvalue weighted by atomic mass is 10.2. The molecule has 0 aliphatic carbocycles. The number of halogens is 1. The SMILES string of the molecule is C#CCCn1cc2c(F)cccc2n1. The van der Waals surface area contributed by atoms with E-state index in [0.717, 1.165) is 0 Å². The molecule has 0 amide bonds. The van der Waals surface area contributed by atoms with Crippen molar-refractivity contribution in [2.75, 3.05) is 0 Å². The molecule has 0 saturated carbocycles. The van der Waals surface area contributed by atoms with Crippen LogP contribution in [0.1, 0.15) is 6.42 Å². The van der Waals surface area contributed by atoms with Crippen molar-refractivity contribution in [3.63, 3.8) is 0 Å². The first-order chi connectivity index (χ1) is 6.81. The van der Waals surface area contributed by atoms with Crippen LogP contribution in [0.3, 0.4) is 0 Å². The molecule has 1 heterocycles. The van der Waals surface area contributed by atoms with Gasteiger partial charge in [0, 0.05) is 12.6 Å². The maximum atomic E-state index is 13.2. The van der Waals surface area contributed by atoms with Crippen LogP contribution in [-0.4, -0.2) is 9.78 Å². The summed E-state index contributed by atoms with van der Waals surface area (Å²) in [5.41, 5.74) is 0.669. The topological polar surface area (TPSA) is 17.8 Å². The number of aryl methyl sites for hydroxylation is 1. The Kier molecular flexibility index (Phi) is 2.19. The minimum Gasteiger partial charge on any atom is -0.270 e. The van der Waals surface area contributed by atoms with E-state index in [9.17, 15) is 4.39 Å². The van der Waals surface area contributed by atoms with Crippen LogP contribution in [-0.2, 0) is 6.54 Å². The van der Waals surface area contributed by atoms with Gasteiger partial charge in [0.1, 0.15) is 5.82 Å². The normalized spacial score (nSPS) is 10.3. The first-order valence-corrected chi connectivity index (χ1v) is 4.36. The third-order valence-electron chi connectivity index (χ3n) is 2.03. The molecule has 0 unspecified atom stereocenters. The molecule has 0 spiro atoms. The van der Waals surface area contributed by atoms with Gasteiger partial charge in [0.05, 0.1) is 17.4 Å². The van der Waals surface area contributed by atoms with Crippen LogP contribution in [0.5, 0.6) is 0 Å². The van der Waals surface area contributed by atoms with Crippen LogP contribution < -0.4 is 0 Å². The number of hydrogen-bond acceptors (Lipinski definition) is 1. The molecule has 1 aromatic carbocycles. The fourth-order valence-corrected chi connectivity index (χ4v) is 1.35. The number of benzene rings is 1. The molecule has 0 saturated heterocycles. The number of terminal acetylenes is 1. The van der Waals surface area contributed by atoms with Crippen molar-refractivity contribution in [3.05, 3.63) is 30.2 Å². The Morgan fingerprint density at radius 3 is 3.07 bits per heavy atom. The van der Waals surface area contributed by atoms with Crippen LogP contribution in [0.4, 0.5) is 4.39 Å². The molecule has 2 nitrogen and oxygen atoms in total. The van der Waals surface area contributed by atoms with Gasteiger partial charge < -0.3 is 0 Å². The highest BCUT2D eigenvalue weighted by Crippen LogP contribution is 2.15. The zero-order valence-electron chi connectivity index (χ0n) is 7.57. The first-order valence-electron chi connectivity index (χ1n) is 4.36. The van der Waals surface area contributed by atoms with Gasteiger partial charge in [-0.05, 0) is 12.1 Å². The first kappa shape index (κ1) is 8.76. The summed E-state index contributed by atoms with van der Waals surface area (Å²) in [5.74, 6) is 2.28. The lowest BCUT2D eigenvalue weighted by Gasteiger charge is -1.93. The molecule has 0 aliphatic rings. The van der Waals surface area contributed by atoms with Crippen LogP contribution in [0.2, 0.25) is 0 Å². The summed E-state index contributed by atoms with van der Waals surface area (Å²) in [7, 11) is 0. The smallest absolute Gasteiger partial charge is 0.134 e. The van der Waals surface area contributed by atoms with Crippen molar-refractivity contribution in [1.82, 2.24) is 9.78 Å². The van der Waals surface area contributed by atoms with Crippen LogP contribution in [0.15, 0.2) is 24.4 Å². The van der Waals surface area contributed by atoms with Crippen LogP contribution in [0, 0.1) is 18.2 Å². The zero-order chi connectivity index (χ0) is 9.97. The van der Waals surface area contributed by atoms with Gasteiger partial charge in [-0.1, -0.05) is 6.07 Å². The molecular formula is C11H9FN2. The summed E-state index contributed by atoms with van der Waals surface area (Å²) in [6.07, 6.45) is 7.42. The quantitative estimate of drug-likeness (QED) is 0.660. The monoisotopic (exact) mass is 188 g/mol. The Morgan fingerprint density at radius 1 is 1.50 bits per heavy atom. The molecule has 0 N–H and O–H groups in total. The number of aromatic nitrogens is 2. The summed E-state index contributed by atoms with van der Waals surface area (Å²) in [6, 6.07) is 4.86. The van der Waals surface area contributed by atoms with Crippen molar-refractivity contribution < 1.29 is 4.39 Å².